The lowest BCUT2D eigenvalue weighted by atomic mass is 9.89. The van der Waals surface area contributed by atoms with Crippen molar-refractivity contribution in [2.45, 2.75) is 18.8 Å². The van der Waals surface area contributed by atoms with E-state index in [1.807, 2.05) is 12.1 Å². The molecule has 0 amide bonds. The second-order valence-corrected chi connectivity index (χ2v) is 4.63. The average Bonchev–Trinajstić information content (AvgIpc) is 2.39. The summed E-state index contributed by atoms with van der Waals surface area (Å²) < 4.78 is 10.8. The van der Waals surface area contributed by atoms with Crippen LogP contribution in [0.1, 0.15) is 24.3 Å². The molecule has 0 bridgehead atoms. The zero-order chi connectivity index (χ0) is 12.3. The van der Waals surface area contributed by atoms with E-state index in [2.05, 4.69) is 5.32 Å². The van der Waals surface area contributed by atoms with E-state index in [0.717, 1.165) is 48.0 Å². The van der Waals surface area contributed by atoms with Gasteiger partial charge in [-0.1, -0.05) is 11.6 Å². The molecule has 1 aromatic carbocycles. The van der Waals surface area contributed by atoms with Gasteiger partial charge in [-0.3, -0.25) is 0 Å². The van der Waals surface area contributed by atoms with Crippen molar-refractivity contribution in [3.8, 4) is 11.5 Å². The first-order valence-electron chi connectivity index (χ1n) is 5.89. The van der Waals surface area contributed by atoms with E-state index in [-0.39, 0.29) is 0 Å². The van der Waals surface area contributed by atoms with Gasteiger partial charge < -0.3 is 14.8 Å². The van der Waals surface area contributed by atoms with Crippen LogP contribution >= 0.6 is 11.6 Å². The molecule has 0 aliphatic carbocycles. The lowest BCUT2D eigenvalue weighted by molar-refractivity contribution is 0.344. The van der Waals surface area contributed by atoms with Gasteiger partial charge in [-0.25, -0.2) is 0 Å². The molecule has 1 saturated heterocycles. The van der Waals surface area contributed by atoms with Crippen LogP contribution in [0.2, 0.25) is 5.02 Å². The molecule has 0 atom stereocenters. The third-order valence-electron chi connectivity index (χ3n) is 3.28. The molecule has 2 rings (SSSR count). The number of halogens is 1. The van der Waals surface area contributed by atoms with Crippen LogP contribution in [0.25, 0.3) is 0 Å². The Balaban J connectivity index is 2.41. The number of ether oxygens (including phenoxy) is 2. The monoisotopic (exact) mass is 255 g/mol. The predicted molar refractivity (Wildman–Crippen MR) is 69.4 cm³/mol. The molecule has 3 nitrogen and oxygen atoms in total. The topological polar surface area (TPSA) is 30.5 Å². The Morgan fingerprint density at radius 2 is 1.88 bits per heavy atom. The van der Waals surface area contributed by atoms with Crippen molar-refractivity contribution in [3.05, 3.63) is 22.7 Å². The van der Waals surface area contributed by atoms with Crippen molar-refractivity contribution >= 4 is 11.6 Å². The van der Waals surface area contributed by atoms with Crippen molar-refractivity contribution in [3.63, 3.8) is 0 Å². The molecular formula is C13H18ClNO2. The maximum absolute atomic E-state index is 6.31. The first-order chi connectivity index (χ1) is 8.27. The van der Waals surface area contributed by atoms with Gasteiger partial charge in [0.25, 0.3) is 0 Å². The molecule has 1 fully saturated rings. The van der Waals surface area contributed by atoms with Crippen molar-refractivity contribution in [1.29, 1.82) is 0 Å². The second kappa shape index (κ2) is 5.61. The molecule has 4 heteroatoms. The Morgan fingerprint density at radius 1 is 1.18 bits per heavy atom. The third-order valence-corrected chi connectivity index (χ3v) is 3.61. The minimum absolute atomic E-state index is 0.453. The summed E-state index contributed by atoms with van der Waals surface area (Å²) in [7, 11) is 3.32. The predicted octanol–water partition coefficient (Wildman–Crippen LogP) is 2.82. The van der Waals surface area contributed by atoms with Crippen LogP contribution in [0.15, 0.2) is 12.1 Å². The van der Waals surface area contributed by atoms with E-state index in [0.29, 0.717) is 5.92 Å². The minimum Gasteiger partial charge on any atom is -0.493 e. The van der Waals surface area contributed by atoms with Crippen LogP contribution in [0.5, 0.6) is 11.5 Å². The van der Waals surface area contributed by atoms with E-state index in [4.69, 9.17) is 21.1 Å². The normalized spacial score (nSPS) is 16.9. The molecule has 0 unspecified atom stereocenters. The molecule has 1 aromatic rings. The maximum atomic E-state index is 6.31. The summed E-state index contributed by atoms with van der Waals surface area (Å²) >= 11 is 6.31. The van der Waals surface area contributed by atoms with Gasteiger partial charge in [-0.15, -0.1) is 0 Å². The number of nitrogens with one attached hydrogen (secondary N) is 1. The van der Waals surface area contributed by atoms with Crippen LogP contribution in [-0.2, 0) is 0 Å². The summed E-state index contributed by atoms with van der Waals surface area (Å²) in [5, 5.41) is 4.13. The molecule has 1 aliphatic rings. The van der Waals surface area contributed by atoms with Crippen LogP contribution in [-0.4, -0.2) is 27.3 Å². The summed E-state index contributed by atoms with van der Waals surface area (Å²) in [5.41, 5.74) is 1.09. The van der Waals surface area contributed by atoms with Gasteiger partial charge in [0.1, 0.15) is 0 Å². The maximum Gasteiger partial charge on any atom is 0.165 e. The summed E-state index contributed by atoms with van der Waals surface area (Å²) in [4.78, 5) is 0. The van der Waals surface area contributed by atoms with E-state index in [9.17, 15) is 0 Å². The van der Waals surface area contributed by atoms with Gasteiger partial charge in [0.15, 0.2) is 11.5 Å². The fourth-order valence-corrected chi connectivity index (χ4v) is 2.72. The Labute approximate surface area is 107 Å². The zero-order valence-electron chi connectivity index (χ0n) is 10.3. The van der Waals surface area contributed by atoms with Gasteiger partial charge in [0.05, 0.1) is 14.2 Å². The van der Waals surface area contributed by atoms with Crippen LogP contribution in [0, 0.1) is 0 Å². The molecular weight excluding hydrogens is 238 g/mol. The number of methoxy groups -OCH3 is 2. The highest BCUT2D eigenvalue weighted by Gasteiger charge is 2.24. The number of hydrogen-bond acceptors (Lipinski definition) is 3. The SMILES string of the molecule is COc1ccc(Cl)c(C2CCNCC2)c1OC. The highest BCUT2D eigenvalue weighted by Crippen LogP contribution is 2.43. The first kappa shape index (κ1) is 12.5. The molecule has 0 radical (unpaired) electrons. The standard InChI is InChI=1S/C13H18ClNO2/c1-16-11-4-3-10(14)12(13(11)17-2)9-5-7-15-8-6-9/h3-4,9,15H,5-8H2,1-2H3. The highest BCUT2D eigenvalue weighted by molar-refractivity contribution is 6.31. The number of benzene rings is 1. The highest BCUT2D eigenvalue weighted by atomic mass is 35.5. The largest absolute Gasteiger partial charge is 0.493 e. The van der Waals surface area contributed by atoms with Crippen molar-refractivity contribution in [1.82, 2.24) is 5.32 Å². The van der Waals surface area contributed by atoms with E-state index in [1.54, 1.807) is 14.2 Å². The van der Waals surface area contributed by atoms with Gasteiger partial charge in [0, 0.05) is 10.6 Å². The zero-order valence-corrected chi connectivity index (χ0v) is 11.0. The van der Waals surface area contributed by atoms with E-state index in [1.165, 1.54) is 0 Å². The van der Waals surface area contributed by atoms with Gasteiger partial charge in [0.2, 0.25) is 0 Å². The summed E-state index contributed by atoms with van der Waals surface area (Å²) in [5.74, 6) is 1.99. The average molecular weight is 256 g/mol. The van der Waals surface area contributed by atoms with Gasteiger partial charge in [-0.2, -0.15) is 0 Å². The number of rotatable bonds is 3. The Hall–Kier alpha value is -0.930. The Kier molecular flexibility index (Phi) is 4.13. The Morgan fingerprint density at radius 3 is 2.47 bits per heavy atom. The van der Waals surface area contributed by atoms with Crippen molar-refractivity contribution < 1.29 is 9.47 Å². The molecule has 1 N–H and O–H groups in total. The first-order valence-corrected chi connectivity index (χ1v) is 6.26. The third kappa shape index (κ3) is 2.50. The van der Waals surface area contributed by atoms with Gasteiger partial charge in [-0.05, 0) is 44.0 Å². The molecule has 0 saturated carbocycles. The van der Waals surface area contributed by atoms with Crippen molar-refractivity contribution in [2.75, 3.05) is 27.3 Å². The quantitative estimate of drug-likeness (QED) is 0.901. The molecule has 17 heavy (non-hydrogen) atoms. The lowest BCUT2D eigenvalue weighted by Gasteiger charge is -2.26. The fourth-order valence-electron chi connectivity index (χ4n) is 2.42. The lowest BCUT2D eigenvalue weighted by Crippen LogP contribution is -2.27. The smallest absolute Gasteiger partial charge is 0.165 e. The molecule has 1 aliphatic heterocycles. The van der Waals surface area contributed by atoms with E-state index >= 15 is 0 Å². The Bertz CT molecular complexity index is 389. The minimum atomic E-state index is 0.453. The molecule has 1 heterocycles. The van der Waals surface area contributed by atoms with Crippen LogP contribution in [0.4, 0.5) is 0 Å². The molecule has 0 aromatic heterocycles. The molecule has 94 valence electrons. The number of hydrogen-bond donors (Lipinski definition) is 1. The molecule has 0 spiro atoms. The summed E-state index contributed by atoms with van der Waals surface area (Å²) in [6.45, 7) is 2.06. The fraction of sp³-hybridized carbons (Fsp3) is 0.538. The van der Waals surface area contributed by atoms with Crippen LogP contribution < -0.4 is 14.8 Å². The van der Waals surface area contributed by atoms with Crippen molar-refractivity contribution in [2.24, 2.45) is 0 Å². The second-order valence-electron chi connectivity index (χ2n) is 4.22. The summed E-state index contributed by atoms with van der Waals surface area (Å²) in [6, 6.07) is 3.74. The van der Waals surface area contributed by atoms with Crippen LogP contribution in [0.3, 0.4) is 0 Å². The van der Waals surface area contributed by atoms with Gasteiger partial charge >= 0.3 is 0 Å². The van der Waals surface area contributed by atoms with E-state index < -0.39 is 0 Å². The summed E-state index contributed by atoms with van der Waals surface area (Å²) in [6.07, 6.45) is 2.17. The number of piperidine rings is 1.